The zero-order valence-corrected chi connectivity index (χ0v) is 13.7. The Morgan fingerprint density at radius 3 is 2.55 bits per heavy atom. The van der Waals surface area contributed by atoms with Crippen LogP contribution in [0.4, 0.5) is 4.39 Å². The molecule has 1 unspecified atom stereocenters. The van der Waals surface area contributed by atoms with Gasteiger partial charge in [-0.2, -0.15) is 0 Å². The van der Waals surface area contributed by atoms with Gasteiger partial charge in [-0.25, -0.2) is 4.39 Å². The van der Waals surface area contributed by atoms with Gasteiger partial charge in [-0.15, -0.1) is 0 Å². The summed E-state index contributed by atoms with van der Waals surface area (Å²) in [6.07, 6.45) is 1.41. The van der Waals surface area contributed by atoms with Gasteiger partial charge in [0.05, 0.1) is 0 Å². The SMILES string of the molecule is CCC(N)Cc1c(F)cccc1Sc1ccccc1Br. The van der Waals surface area contributed by atoms with E-state index in [0.717, 1.165) is 20.7 Å². The van der Waals surface area contributed by atoms with Crippen LogP contribution >= 0.6 is 27.7 Å². The second-order valence-electron chi connectivity index (χ2n) is 4.62. The molecule has 20 heavy (non-hydrogen) atoms. The van der Waals surface area contributed by atoms with Crippen LogP contribution < -0.4 is 5.73 Å². The molecule has 0 saturated carbocycles. The second-order valence-corrected chi connectivity index (χ2v) is 6.56. The first kappa shape index (κ1) is 15.5. The highest BCUT2D eigenvalue weighted by atomic mass is 79.9. The first-order chi connectivity index (χ1) is 9.61. The predicted molar refractivity (Wildman–Crippen MR) is 86.6 cm³/mol. The van der Waals surface area contributed by atoms with Crippen molar-refractivity contribution < 1.29 is 4.39 Å². The van der Waals surface area contributed by atoms with Crippen LogP contribution in [0.25, 0.3) is 0 Å². The van der Waals surface area contributed by atoms with Crippen molar-refractivity contribution in [2.75, 3.05) is 0 Å². The van der Waals surface area contributed by atoms with E-state index in [9.17, 15) is 4.39 Å². The molecule has 0 bridgehead atoms. The van der Waals surface area contributed by atoms with Gasteiger partial charge in [-0.3, -0.25) is 0 Å². The molecule has 0 spiro atoms. The van der Waals surface area contributed by atoms with Gasteiger partial charge in [0.1, 0.15) is 5.82 Å². The van der Waals surface area contributed by atoms with E-state index in [1.807, 2.05) is 37.3 Å². The zero-order valence-electron chi connectivity index (χ0n) is 11.3. The van der Waals surface area contributed by atoms with E-state index in [1.54, 1.807) is 17.8 Å². The third kappa shape index (κ3) is 3.84. The van der Waals surface area contributed by atoms with Crippen LogP contribution in [0.1, 0.15) is 18.9 Å². The fraction of sp³-hybridized carbons (Fsp3) is 0.250. The minimum absolute atomic E-state index is 0.00883. The fourth-order valence-corrected chi connectivity index (χ4v) is 3.41. The Kier molecular flexibility index (Phi) is 5.64. The summed E-state index contributed by atoms with van der Waals surface area (Å²) in [5.74, 6) is -0.175. The Hall–Kier alpha value is -0.840. The molecule has 1 nitrogen and oxygen atoms in total. The van der Waals surface area contributed by atoms with Crippen LogP contribution in [0, 0.1) is 5.82 Å². The summed E-state index contributed by atoms with van der Waals surface area (Å²) in [6, 6.07) is 13.1. The Labute approximate surface area is 131 Å². The normalized spacial score (nSPS) is 12.4. The highest BCUT2D eigenvalue weighted by Gasteiger charge is 2.13. The molecule has 4 heteroatoms. The van der Waals surface area contributed by atoms with E-state index in [-0.39, 0.29) is 11.9 Å². The molecular weight excluding hydrogens is 337 g/mol. The quantitative estimate of drug-likeness (QED) is 0.816. The molecule has 1 atom stereocenters. The van der Waals surface area contributed by atoms with Crippen molar-refractivity contribution in [3.63, 3.8) is 0 Å². The molecule has 2 N–H and O–H groups in total. The fourth-order valence-electron chi connectivity index (χ4n) is 1.89. The summed E-state index contributed by atoms with van der Waals surface area (Å²) in [5, 5.41) is 0. The lowest BCUT2D eigenvalue weighted by Crippen LogP contribution is -2.22. The van der Waals surface area contributed by atoms with Gasteiger partial charge in [0, 0.05) is 25.9 Å². The van der Waals surface area contributed by atoms with Crippen molar-refractivity contribution >= 4 is 27.7 Å². The first-order valence-corrected chi connectivity index (χ1v) is 8.18. The molecule has 0 aliphatic rings. The van der Waals surface area contributed by atoms with Gasteiger partial charge in [-0.1, -0.05) is 36.9 Å². The van der Waals surface area contributed by atoms with Crippen LogP contribution in [-0.2, 0) is 6.42 Å². The van der Waals surface area contributed by atoms with Gasteiger partial charge in [0.2, 0.25) is 0 Å². The molecule has 0 aliphatic heterocycles. The molecule has 0 heterocycles. The molecule has 0 aliphatic carbocycles. The summed E-state index contributed by atoms with van der Waals surface area (Å²) < 4.78 is 15.1. The van der Waals surface area contributed by atoms with Gasteiger partial charge in [0.15, 0.2) is 0 Å². The van der Waals surface area contributed by atoms with Crippen molar-refractivity contribution in [3.05, 3.63) is 58.3 Å². The van der Waals surface area contributed by atoms with Crippen LogP contribution in [0.3, 0.4) is 0 Å². The van der Waals surface area contributed by atoms with Crippen LogP contribution in [0.5, 0.6) is 0 Å². The maximum atomic E-state index is 14.1. The number of hydrogen-bond donors (Lipinski definition) is 1. The molecule has 0 radical (unpaired) electrons. The second kappa shape index (κ2) is 7.25. The van der Waals surface area contributed by atoms with E-state index < -0.39 is 0 Å². The molecule has 106 valence electrons. The predicted octanol–water partition coefficient (Wildman–Crippen LogP) is 5.02. The lowest BCUT2D eigenvalue weighted by atomic mass is 10.0. The third-order valence-corrected chi connectivity index (χ3v) is 5.26. The maximum absolute atomic E-state index is 14.1. The summed E-state index contributed by atoms with van der Waals surface area (Å²) in [5.41, 5.74) is 6.69. The van der Waals surface area contributed by atoms with Crippen molar-refractivity contribution in [1.29, 1.82) is 0 Å². The van der Waals surface area contributed by atoms with Gasteiger partial charge in [0.25, 0.3) is 0 Å². The lowest BCUT2D eigenvalue weighted by Gasteiger charge is -2.14. The highest BCUT2D eigenvalue weighted by Crippen LogP contribution is 2.36. The van der Waals surface area contributed by atoms with Crippen molar-refractivity contribution in [2.45, 2.75) is 35.6 Å². The van der Waals surface area contributed by atoms with Gasteiger partial charge in [-0.05, 0) is 53.0 Å². The van der Waals surface area contributed by atoms with E-state index >= 15 is 0 Å². The smallest absolute Gasteiger partial charge is 0.127 e. The summed E-state index contributed by atoms with van der Waals surface area (Å²) in [6.45, 7) is 2.02. The maximum Gasteiger partial charge on any atom is 0.127 e. The largest absolute Gasteiger partial charge is 0.327 e. The van der Waals surface area contributed by atoms with Crippen LogP contribution in [0.2, 0.25) is 0 Å². The Morgan fingerprint density at radius 1 is 1.15 bits per heavy atom. The van der Waals surface area contributed by atoms with Crippen LogP contribution in [0.15, 0.2) is 56.7 Å². The monoisotopic (exact) mass is 353 g/mol. The van der Waals surface area contributed by atoms with Crippen molar-refractivity contribution in [2.24, 2.45) is 5.73 Å². The molecule has 0 aromatic heterocycles. The Bertz CT molecular complexity index is 588. The minimum Gasteiger partial charge on any atom is -0.327 e. The number of rotatable bonds is 5. The average molecular weight is 354 g/mol. The van der Waals surface area contributed by atoms with Crippen molar-refractivity contribution in [1.82, 2.24) is 0 Å². The average Bonchev–Trinajstić information content (AvgIpc) is 2.44. The number of benzene rings is 2. The van der Waals surface area contributed by atoms with E-state index in [4.69, 9.17) is 5.73 Å². The van der Waals surface area contributed by atoms with E-state index in [1.165, 1.54) is 6.07 Å². The molecule has 2 rings (SSSR count). The minimum atomic E-state index is -0.175. The van der Waals surface area contributed by atoms with Crippen molar-refractivity contribution in [3.8, 4) is 0 Å². The number of nitrogens with two attached hydrogens (primary N) is 1. The molecule has 0 fully saturated rings. The third-order valence-electron chi connectivity index (χ3n) is 3.12. The van der Waals surface area contributed by atoms with Crippen LogP contribution in [-0.4, -0.2) is 6.04 Å². The summed E-state index contributed by atoms with van der Waals surface area (Å²) >= 11 is 5.09. The van der Waals surface area contributed by atoms with E-state index in [2.05, 4.69) is 15.9 Å². The Balaban J connectivity index is 2.32. The standard InChI is InChI=1S/C16H17BrFNS/c1-2-11(19)10-12-14(18)7-5-9-15(12)20-16-8-4-3-6-13(16)17/h3-9,11H,2,10,19H2,1H3. The molecule has 2 aromatic rings. The molecule has 0 saturated heterocycles. The molecule has 0 amide bonds. The highest BCUT2D eigenvalue weighted by molar-refractivity contribution is 9.10. The Morgan fingerprint density at radius 2 is 1.85 bits per heavy atom. The van der Waals surface area contributed by atoms with Gasteiger partial charge >= 0.3 is 0 Å². The number of halogens is 2. The van der Waals surface area contributed by atoms with Gasteiger partial charge < -0.3 is 5.73 Å². The lowest BCUT2D eigenvalue weighted by molar-refractivity contribution is 0.571. The summed E-state index contributed by atoms with van der Waals surface area (Å²) in [7, 11) is 0. The molecule has 2 aromatic carbocycles. The zero-order chi connectivity index (χ0) is 14.5. The molecular formula is C16H17BrFNS. The van der Waals surface area contributed by atoms with E-state index in [0.29, 0.717) is 12.0 Å². The summed E-state index contributed by atoms with van der Waals surface area (Å²) in [4.78, 5) is 2.00. The number of hydrogen-bond acceptors (Lipinski definition) is 2. The topological polar surface area (TPSA) is 26.0 Å². The first-order valence-electron chi connectivity index (χ1n) is 6.57.